The fourth-order valence-electron chi connectivity index (χ4n) is 2.08. The molecule has 2 aliphatic heterocycles. The highest BCUT2D eigenvalue weighted by molar-refractivity contribution is 6.67. The van der Waals surface area contributed by atoms with Crippen LogP contribution in [0.4, 0.5) is 0 Å². The third-order valence-electron chi connectivity index (χ3n) is 2.78. The third-order valence-corrected chi connectivity index (χ3v) is 2.89. The van der Waals surface area contributed by atoms with E-state index in [4.69, 9.17) is 17.0 Å². The lowest BCUT2D eigenvalue weighted by atomic mass is 10.2. The lowest BCUT2D eigenvalue weighted by molar-refractivity contribution is 0.149. The molecule has 0 aromatic carbocycles. The molecule has 0 saturated carbocycles. The summed E-state index contributed by atoms with van der Waals surface area (Å²) in [5, 5.41) is 10.6. The second-order valence-electron chi connectivity index (χ2n) is 3.87. The molecule has 14 heavy (non-hydrogen) atoms. The first-order chi connectivity index (χ1) is 6.66. The molecule has 2 saturated heterocycles. The molecule has 4 nitrogen and oxygen atoms in total. The van der Waals surface area contributed by atoms with Crippen molar-refractivity contribution in [1.29, 1.82) is 5.41 Å². The van der Waals surface area contributed by atoms with E-state index in [1.54, 1.807) is 6.08 Å². The lowest BCUT2D eigenvalue weighted by Crippen LogP contribution is -2.48. The molecule has 0 aromatic heterocycles. The average Bonchev–Trinajstić information content (AvgIpc) is 2.47. The van der Waals surface area contributed by atoms with Gasteiger partial charge in [0.2, 0.25) is 0 Å². The molecule has 2 rings (SSSR count). The van der Waals surface area contributed by atoms with Gasteiger partial charge in [0, 0.05) is 32.3 Å². The van der Waals surface area contributed by atoms with E-state index in [2.05, 4.69) is 22.2 Å². The zero-order valence-electron chi connectivity index (χ0n) is 8.26. The predicted molar refractivity (Wildman–Crippen MR) is 57.7 cm³/mol. The van der Waals surface area contributed by atoms with Crippen LogP contribution in [0.15, 0.2) is 11.9 Å². The normalized spacial score (nSPS) is 30.3. The first-order valence-corrected chi connectivity index (χ1v) is 5.19. The molecule has 0 radical (unpaired) electrons. The Morgan fingerprint density at radius 3 is 3.14 bits per heavy atom. The molecule has 5 heteroatoms. The Kier molecular flexibility index (Phi) is 2.65. The van der Waals surface area contributed by atoms with Gasteiger partial charge in [-0.2, -0.15) is 0 Å². The molecule has 0 aromatic rings. The highest BCUT2D eigenvalue weighted by atomic mass is 35.5. The predicted octanol–water partition coefficient (Wildman–Crippen LogP) is 0.263. The topological polar surface area (TPSA) is 42.4 Å². The number of piperazine rings is 1. The van der Waals surface area contributed by atoms with Gasteiger partial charge in [0.15, 0.2) is 0 Å². The average molecular weight is 215 g/mol. The summed E-state index contributed by atoms with van der Waals surface area (Å²) in [5.41, 5.74) is 0. The summed E-state index contributed by atoms with van der Waals surface area (Å²) in [6.45, 7) is 4.13. The second-order valence-corrected chi connectivity index (χ2v) is 4.28. The number of nitrogens with zero attached hydrogens (tertiary/aromatic N) is 2. The molecule has 2 fully saturated rings. The van der Waals surface area contributed by atoms with Crippen LogP contribution >= 0.6 is 11.6 Å². The first kappa shape index (κ1) is 9.80. The molecule has 0 bridgehead atoms. The highest BCUT2D eigenvalue weighted by Crippen LogP contribution is 2.18. The van der Waals surface area contributed by atoms with Crippen molar-refractivity contribution in [1.82, 2.24) is 15.1 Å². The number of allylic oxidation sites excluding steroid dienone is 1. The second kappa shape index (κ2) is 3.79. The molecule has 2 aliphatic rings. The number of nitrogens with one attached hydrogen (secondary N) is 2. The van der Waals surface area contributed by atoms with Crippen LogP contribution in [0.3, 0.4) is 0 Å². The van der Waals surface area contributed by atoms with Crippen molar-refractivity contribution < 1.29 is 0 Å². The van der Waals surface area contributed by atoms with E-state index in [-0.39, 0.29) is 5.17 Å². The van der Waals surface area contributed by atoms with E-state index in [1.165, 1.54) is 0 Å². The van der Waals surface area contributed by atoms with Crippen LogP contribution in [0, 0.1) is 5.41 Å². The summed E-state index contributed by atoms with van der Waals surface area (Å²) >= 11 is 5.55. The van der Waals surface area contributed by atoms with Gasteiger partial charge in [-0.25, -0.2) is 0 Å². The molecule has 1 unspecified atom stereocenters. The molecule has 0 amide bonds. The van der Waals surface area contributed by atoms with Crippen LogP contribution in [0.5, 0.6) is 0 Å². The van der Waals surface area contributed by atoms with Gasteiger partial charge in [0.1, 0.15) is 11.0 Å². The Morgan fingerprint density at radius 2 is 2.43 bits per heavy atom. The maximum absolute atomic E-state index is 7.22. The van der Waals surface area contributed by atoms with Crippen molar-refractivity contribution >= 4 is 16.8 Å². The van der Waals surface area contributed by atoms with E-state index in [0.29, 0.717) is 6.04 Å². The standard InChI is InChI=1S/C9H15ClN4/c1-13-2-3-14-7(6-13)5-12-9(14)4-8(10)11/h4,7,11-12H,2-3,5-6H2,1H3/b9-4+,11-8?. The molecular weight excluding hydrogens is 200 g/mol. The summed E-state index contributed by atoms with van der Waals surface area (Å²) in [5.74, 6) is 1.00. The summed E-state index contributed by atoms with van der Waals surface area (Å²) in [7, 11) is 2.14. The molecule has 78 valence electrons. The summed E-state index contributed by atoms with van der Waals surface area (Å²) < 4.78 is 0. The van der Waals surface area contributed by atoms with Crippen LogP contribution in [0.2, 0.25) is 0 Å². The van der Waals surface area contributed by atoms with Gasteiger partial charge in [-0.15, -0.1) is 0 Å². The highest BCUT2D eigenvalue weighted by Gasteiger charge is 2.31. The van der Waals surface area contributed by atoms with E-state index in [9.17, 15) is 0 Å². The van der Waals surface area contributed by atoms with E-state index < -0.39 is 0 Å². The number of hydrogen-bond donors (Lipinski definition) is 2. The SMILES string of the molecule is CN1CCN2/C(=C/C(=N)Cl)NCC2C1. The zero-order chi connectivity index (χ0) is 10.1. The van der Waals surface area contributed by atoms with Gasteiger partial charge in [0.05, 0.1) is 6.04 Å². The van der Waals surface area contributed by atoms with Crippen molar-refractivity contribution in [3.8, 4) is 0 Å². The van der Waals surface area contributed by atoms with Crippen molar-refractivity contribution in [3.05, 3.63) is 11.9 Å². The minimum absolute atomic E-state index is 0.0899. The Morgan fingerprint density at radius 1 is 1.64 bits per heavy atom. The van der Waals surface area contributed by atoms with Crippen LogP contribution in [-0.4, -0.2) is 54.2 Å². The fourth-order valence-corrected chi connectivity index (χ4v) is 2.18. The Labute approximate surface area is 89.0 Å². The molecule has 1 atom stereocenters. The van der Waals surface area contributed by atoms with Gasteiger partial charge < -0.3 is 15.1 Å². The smallest absolute Gasteiger partial charge is 0.124 e. The molecule has 0 aliphatic carbocycles. The van der Waals surface area contributed by atoms with Gasteiger partial charge in [0.25, 0.3) is 0 Å². The van der Waals surface area contributed by atoms with Gasteiger partial charge in [-0.3, -0.25) is 5.41 Å². The molecular formula is C9H15ClN4. The van der Waals surface area contributed by atoms with Crippen molar-refractivity contribution in [2.75, 3.05) is 33.2 Å². The van der Waals surface area contributed by atoms with Crippen LogP contribution in [-0.2, 0) is 0 Å². The van der Waals surface area contributed by atoms with Crippen molar-refractivity contribution in [2.24, 2.45) is 0 Å². The summed E-state index contributed by atoms with van der Waals surface area (Å²) in [4.78, 5) is 4.63. The number of hydrogen-bond acceptors (Lipinski definition) is 4. The van der Waals surface area contributed by atoms with Gasteiger partial charge in [-0.05, 0) is 7.05 Å². The van der Waals surface area contributed by atoms with Crippen molar-refractivity contribution in [2.45, 2.75) is 6.04 Å². The van der Waals surface area contributed by atoms with E-state index >= 15 is 0 Å². The number of likely N-dealkylation sites (N-methyl/N-ethyl adjacent to an activating group) is 1. The Balaban J connectivity index is 2.09. The van der Waals surface area contributed by atoms with E-state index in [0.717, 1.165) is 32.0 Å². The Hall–Kier alpha value is -0.740. The van der Waals surface area contributed by atoms with Gasteiger partial charge >= 0.3 is 0 Å². The van der Waals surface area contributed by atoms with Gasteiger partial charge in [-0.1, -0.05) is 11.6 Å². The van der Waals surface area contributed by atoms with Crippen molar-refractivity contribution in [3.63, 3.8) is 0 Å². The van der Waals surface area contributed by atoms with E-state index in [1.807, 2.05) is 0 Å². The fraction of sp³-hybridized carbons (Fsp3) is 0.667. The minimum atomic E-state index is 0.0899. The Bertz CT molecular complexity index is 276. The maximum atomic E-state index is 7.22. The summed E-state index contributed by atoms with van der Waals surface area (Å²) in [6, 6.07) is 0.538. The zero-order valence-corrected chi connectivity index (χ0v) is 9.01. The number of halogens is 1. The quantitative estimate of drug-likeness (QED) is 0.616. The third kappa shape index (κ3) is 1.86. The molecule has 0 spiro atoms. The van der Waals surface area contributed by atoms with Crippen LogP contribution in [0.25, 0.3) is 0 Å². The monoisotopic (exact) mass is 214 g/mol. The summed E-state index contributed by atoms with van der Waals surface area (Å²) in [6.07, 6.45) is 1.69. The van der Waals surface area contributed by atoms with Crippen LogP contribution in [0.1, 0.15) is 0 Å². The maximum Gasteiger partial charge on any atom is 0.124 e. The lowest BCUT2D eigenvalue weighted by Gasteiger charge is -2.36. The number of rotatable bonds is 1. The molecule has 2 heterocycles. The largest absolute Gasteiger partial charge is 0.370 e. The number of fused-ring (bicyclic) bond motifs is 1. The molecule has 2 N–H and O–H groups in total. The minimum Gasteiger partial charge on any atom is -0.370 e. The van der Waals surface area contributed by atoms with Crippen LogP contribution < -0.4 is 5.32 Å². The first-order valence-electron chi connectivity index (χ1n) is 4.81.